The molecule has 7 nitrogen and oxygen atoms in total. The molecule has 1 fully saturated rings. The monoisotopic (exact) mass is 487 g/mol. The molecule has 1 unspecified atom stereocenters. The van der Waals surface area contributed by atoms with Crippen LogP contribution in [0.3, 0.4) is 0 Å². The van der Waals surface area contributed by atoms with Crippen molar-refractivity contribution >= 4 is 41.2 Å². The van der Waals surface area contributed by atoms with Crippen LogP contribution in [0, 0.1) is 0 Å². The Labute approximate surface area is 208 Å². The van der Waals surface area contributed by atoms with Crippen molar-refractivity contribution < 1.29 is 19.1 Å². The molecule has 1 heterocycles. The lowest BCUT2D eigenvalue weighted by Crippen LogP contribution is -2.60. The van der Waals surface area contributed by atoms with Crippen LogP contribution in [0.1, 0.15) is 70.3 Å². The Balaban J connectivity index is 1.75. The summed E-state index contributed by atoms with van der Waals surface area (Å²) in [6.07, 6.45) is 12.3. The first-order valence-corrected chi connectivity index (χ1v) is 12.7. The molecule has 0 aromatic heterocycles. The van der Waals surface area contributed by atoms with Gasteiger partial charge in [-0.3, -0.25) is 19.7 Å². The lowest BCUT2D eigenvalue weighted by atomic mass is 10.1. The van der Waals surface area contributed by atoms with Gasteiger partial charge in [-0.05, 0) is 30.3 Å². The van der Waals surface area contributed by atoms with Gasteiger partial charge in [0.1, 0.15) is 6.04 Å². The Morgan fingerprint density at radius 3 is 2.50 bits per heavy atom. The second-order valence-electron chi connectivity index (χ2n) is 8.44. The molecule has 0 bridgehead atoms. The number of amides is 2. The first-order chi connectivity index (χ1) is 16.5. The van der Waals surface area contributed by atoms with Crippen molar-refractivity contribution in [3.8, 4) is 0 Å². The van der Waals surface area contributed by atoms with Gasteiger partial charge in [0.2, 0.25) is 11.8 Å². The molecule has 0 saturated carbocycles. The van der Waals surface area contributed by atoms with E-state index >= 15 is 0 Å². The molecule has 0 spiro atoms. The van der Waals surface area contributed by atoms with E-state index in [1.54, 1.807) is 11.0 Å². The quantitative estimate of drug-likeness (QED) is 0.189. The average molecular weight is 488 g/mol. The maximum Gasteiger partial charge on any atom is 0.308 e. The van der Waals surface area contributed by atoms with Gasteiger partial charge in [0, 0.05) is 19.2 Å². The zero-order valence-electron chi connectivity index (χ0n) is 20.1. The van der Waals surface area contributed by atoms with E-state index in [1.165, 1.54) is 38.2 Å². The number of benzene rings is 1. The molecule has 0 aliphatic carbocycles. The number of hydrogen-bond acceptors (Lipinski definition) is 5. The Hall–Kier alpha value is -2.74. The summed E-state index contributed by atoms with van der Waals surface area (Å²) in [6.45, 7) is 3.36. The number of esters is 1. The van der Waals surface area contributed by atoms with Crippen LogP contribution >= 0.6 is 12.2 Å². The van der Waals surface area contributed by atoms with Gasteiger partial charge in [-0.15, -0.1) is 0 Å². The maximum absolute atomic E-state index is 12.4. The molecule has 1 aromatic rings. The smallest absolute Gasteiger partial charge is 0.308 e. The third-order valence-electron chi connectivity index (χ3n) is 5.67. The van der Waals surface area contributed by atoms with Gasteiger partial charge in [-0.1, -0.05) is 82.2 Å². The molecule has 1 aromatic carbocycles. The van der Waals surface area contributed by atoms with Crippen LogP contribution < -0.4 is 10.6 Å². The van der Waals surface area contributed by atoms with Crippen LogP contribution in [0.5, 0.6) is 0 Å². The molecule has 1 aliphatic rings. The van der Waals surface area contributed by atoms with E-state index in [0.29, 0.717) is 19.7 Å². The summed E-state index contributed by atoms with van der Waals surface area (Å²) in [5.41, 5.74) is 0.887. The number of piperazine rings is 1. The highest BCUT2D eigenvalue weighted by Gasteiger charge is 2.34. The van der Waals surface area contributed by atoms with Gasteiger partial charge in [0.15, 0.2) is 5.11 Å². The fourth-order valence-corrected chi connectivity index (χ4v) is 4.07. The van der Waals surface area contributed by atoms with Gasteiger partial charge in [-0.25, -0.2) is 0 Å². The fourth-order valence-electron chi connectivity index (χ4n) is 3.75. The predicted molar refractivity (Wildman–Crippen MR) is 138 cm³/mol. The molecule has 0 radical (unpaired) electrons. The Kier molecular flexibility index (Phi) is 12.9. The lowest BCUT2D eigenvalue weighted by Gasteiger charge is -2.36. The molecule has 186 valence electrons. The summed E-state index contributed by atoms with van der Waals surface area (Å²) >= 11 is 5.37. The average Bonchev–Trinajstić information content (AvgIpc) is 2.83. The summed E-state index contributed by atoms with van der Waals surface area (Å²) in [6, 6.07) is 8.62. The molecule has 34 heavy (non-hydrogen) atoms. The van der Waals surface area contributed by atoms with Gasteiger partial charge >= 0.3 is 5.97 Å². The van der Waals surface area contributed by atoms with Crippen LogP contribution in [-0.2, 0) is 19.1 Å². The minimum atomic E-state index is -0.800. The number of thiocarbonyl (C=S) groups is 1. The van der Waals surface area contributed by atoms with Crippen molar-refractivity contribution in [1.29, 1.82) is 0 Å². The van der Waals surface area contributed by atoms with Gasteiger partial charge in [-0.2, -0.15) is 0 Å². The van der Waals surface area contributed by atoms with Gasteiger partial charge < -0.3 is 15.0 Å². The van der Waals surface area contributed by atoms with E-state index in [-0.39, 0.29) is 17.4 Å². The van der Waals surface area contributed by atoms with Crippen molar-refractivity contribution in [3.05, 3.63) is 42.0 Å². The molecule has 2 N–H and O–H groups in total. The van der Waals surface area contributed by atoms with Crippen LogP contribution in [-0.4, -0.2) is 53.5 Å². The molecule has 1 aliphatic heterocycles. The van der Waals surface area contributed by atoms with Crippen LogP contribution in [0.25, 0.3) is 6.08 Å². The number of carbonyl (C=O) groups excluding carboxylic acids is 3. The van der Waals surface area contributed by atoms with Crippen molar-refractivity contribution in [1.82, 2.24) is 15.5 Å². The number of nitrogens with one attached hydrogen (secondary N) is 2. The summed E-state index contributed by atoms with van der Waals surface area (Å²) in [5, 5.41) is 5.50. The summed E-state index contributed by atoms with van der Waals surface area (Å²) in [5.74, 6) is -1.13. The zero-order chi connectivity index (χ0) is 24.6. The van der Waals surface area contributed by atoms with E-state index in [9.17, 15) is 14.4 Å². The summed E-state index contributed by atoms with van der Waals surface area (Å²) in [4.78, 5) is 38.6. The molecule has 8 heteroatoms. The highest BCUT2D eigenvalue weighted by Crippen LogP contribution is 2.12. The summed E-state index contributed by atoms with van der Waals surface area (Å²) in [7, 11) is 0. The zero-order valence-corrected chi connectivity index (χ0v) is 20.9. The van der Waals surface area contributed by atoms with E-state index < -0.39 is 17.9 Å². The normalized spacial score (nSPS) is 15.7. The highest BCUT2D eigenvalue weighted by molar-refractivity contribution is 7.80. The van der Waals surface area contributed by atoms with Crippen LogP contribution in [0.2, 0.25) is 0 Å². The SMILES string of the molecule is CCCCCCCCCCOC(=O)CC1C(=O)NCCN1C(=S)NC(=O)/C=C/c1ccccc1. The van der Waals surface area contributed by atoms with Gasteiger partial charge in [0.25, 0.3) is 0 Å². The lowest BCUT2D eigenvalue weighted by molar-refractivity contribution is -0.147. The maximum atomic E-state index is 12.4. The first-order valence-electron chi connectivity index (χ1n) is 12.3. The minimum Gasteiger partial charge on any atom is -0.466 e. The number of ether oxygens (including phenoxy) is 1. The highest BCUT2D eigenvalue weighted by atomic mass is 32.1. The fraction of sp³-hybridized carbons (Fsp3) is 0.538. The molecule has 1 atom stereocenters. The third kappa shape index (κ3) is 10.5. The number of rotatable bonds is 13. The van der Waals surface area contributed by atoms with Crippen LogP contribution in [0.15, 0.2) is 36.4 Å². The standard InChI is InChI=1S/C26H37N3O4S/c1-2-3-4-5-6-7-8-12-19-33-24(31)20-22-25(32)27-17-18-29(22)26(34)28-23(30)16-15-21-13-10-9-11-14-21/h9-11,13-16,22H,2-8,12,17-20H2,1H3,(H,27,32)(H,28,30,34)/b16-15+. The summed E-state index contributed by atoms with van der Waals surface area (Å²) < 4.78 is 5.35. The third-order valence-corrected chi connectivity index (χ3v) is 6.01. The van der Waals surface area contributed by atoms with E-state index in [4.69, 9.17) is 17.0 Å². The van der Waals surface area contributed by atoms with E-state index in [2.05, 4.69) is 17.6 Å². The minimum absolute atomic E-state index is 0.112. The van der Waals surface area contributed by atoms with Crippen LogP contribution in [0.4, 0.5) is 0 Å². The largest absolute Gasteiger partial charge is 0.466 e. The topological polar surface area (TPSA) is 87.7 Å². The number of hydrogen-bond donors (Lipinski definition) is 2. The number of carbonyl (C=O) groups is 3. The Bertz CT molecular complexity index is 829. The first kappa shape index (κ1) is 27.5. The molecule has 1 saturated heterocycles. The van der Waals surface area contributed by atoms with Gasteiger partial charge in [0.05, 0.1) is 13.0 Å². The second kappa shape index (κ2) is 16.0. The van der Waals surface area contributed by atoms with E-state index in [1.807, 2.05) is 30.3 Å². The number of nitrogens with zero attached hydrogens (tertiary/aromatic N) is 1. The van der Waals surface area contributed by atoms with Crippen molar-refractivity contribution in [3.63, 3.8) is 0 Å². The Morgan fingerprint density at radius 1 is 1.12 bits per heavy atom. The molecule has 2 rings (SSSR count). The number of unbranched alkanes of at least 4 members (excludes halogenated alkanes) is 7. The van der Waals surface area contributed by atoms with Crippen molar-refractivity contribution in [2.45, 2.75) is 70.8 Å². The van der Waals surface area contributed by atoms with Crippen molar-refractivity contribution in [2.75, 3.05) is 19.7 Å². The molecule has 2 amide bonds. The molecular weight excluding hydrogens is 450 g/mol. The predicted octanol–water partition coefficient (Wildman–Crippen LogP) is 3.98. The van der Waals surface area contributed by atoms with E-state index in [0.717, 1.165) is 24.8 Å². The van der Waals surface area contributed by atoms with Crippen molar-refractivity contribution in [2.24, 2.45) is 0 Å². The molecular formula is C26H37N3O4S. The Morgan fingerprint density at radius 2 is 1.79 bits per heavy atom. The second-order valence-corrected chi connectivity index (χ2v) is 8.82.